The van der Waals surface area contributed by atoms with Crippen molar-refractivity contribution in [1.82, 2.24) is 9.97 Å². The molecule has 2 rings (SSSR count). The van der Waals surface area contributed by atoms with Gasteiger partial charge in [-0.25, -0.2) is 9.97 Å². The van der Waals surface area contributed by atoms with Crippen LogP contribution in [0.2, 0.25) is 0 Å². The van der Waals surface area contributed by atoms with E-state index in [4.69, 9.17) is 0 Å². The molecule has 1 aliphatic rings. The van der Waals surface area contributed by atoms with E-state index >= 15 is 0 Å². The summed E-state index contributed by atoms with van der Waals surface area (Å²) >= 11 is 1.80. The lowest BCUT2D eigenvalue weighted by Crippen LogP contribution is -2.36. The lowest BCUT2D eigenvalue weighted by Gasteiger charge is -2.22. The number of thioether (sulfide) groups is 1. The van der Waals surface area contributed by atoms with Crippen LogP contribution in [-0.2, 0) is 6.42 Å². The lowest BCUT2D eigenvalue weighted by molar-refractivity contribution is 0.0819. The largest absolute Gasteiger partial charge is 0.387 e. The first-order valence-corrected chi connectivity index (χ1v) is 7.15. The SMILES string of the molecule is CCc1cc(NCC2(O)CCSC2)nc(C)n1. The van der Waals surface area contributed by atoms with E-state index in [0.29, 0.717) is 6.54 Å². The minimum Gasteiger partial charge on any atom is -0.387 e. The number of hydrogen-bond acceptors (Lipinski definition) is 5. The number of aromatic nitrogens is 2. The van der Waals surface area contributed by atoms with Gasteiger partial charge < -0.3 is 10.4 Å². The molecule has 0 amide bonds. The molecule has 1 atom stereocenters. The van der Waals surface area contributed by atoms with Crippen molar-refractivity contribution in [2.24, 2.45) is 0 Å². The number of aliphatic hydroxyl groups is 1. The smallest absolute Gasteiger partial charge is 0.130 e. The van der Waals surface area contributed by atoms with E-state index in [2.05, 4.69) is 22.2 Å². The maximum absolute atomic E-state index is 10.2. The Bertz CT molecular complexity index is 391. The fraction of sp³-hybridized carbons (Fsp3) is 0.667. The van der Waals surface area contributed by atoms with Crippen molar-refractivity contribution in [2.75, 3.05) is 23.4 Å². The van der Waals surface area contributed by atoms with Gasteiger partial charge >= 0.3 is 0 Å². The Balaban J connectivity index is 2.00. The third-order valence-corrected chi connectivity index (χ3v) is 4.17. The van der Waals surface area contributed by atoms with Gasteiger partial charge in [0.05, 0.1) is 5.60 Å². The zero-order valence-corrected chi connectivity index (χ0v) is 11.2. The van der Waals surface area contributed by atoms with Crippen LogP contribution >= 0.6 is 11.8 Å². The topological polar surface area (TPSA) is 58.0 Å². The first-order chi connectivity index (χ1) is 8.11. The van der Waals surface area contributed by atoms with Gasteiger partial charge in [-0.3, -0.25) is 0 Å². The first kappa shape index (κ1) is 12.6. The Kier molecular flexibility index (Phi) is 3.89. The number of nitrogens with one attached hydrogen (secondary N) is 1. The average molecular weight is 253 g/mol. The molecular weight excluding hydrogens is 234 g/mol. The monoisotopic (exact) mass is 253 g/mol. The summed E-state index contributed by atoms with van der Waals surface area (Å²) in [5.41, 5.74) is 0.461. The van der Waals surface area contributed by atoms with Crippen LogP contribution in [0.1, 0.15) is 24.9 Å². The molecule has 2 N–H and O–H groups in total. The summed E-state index contributed by atoms with van der Waals surface area (Å²) < 4.78 is 0. The molecule has 5 heteroatoms. The summed E-state index contributed by atoms with van der Waals surface area (Å²) in [5.74, 6) is 3.45. The highest BCUT2D eigenvalue weighted by atomic mass is 32.2. The Morgan fingerprint density at radius 3 is 3.00 bits per heavy atom. The van der Waals surface area contributed by atoms with Gasteiger partial charge in [0.1, 0.15) is 11.6 Å². The molecule has 4 nitrogen and oxygen atoms in total. The van der Waals surface area contributed by atoms with Gasteiger partial charge in [0.15, 0.2) is 0 Å². The molecule has 1 aromatic rings. The van der Waals surface area contributed by atoms with Crippen LogP contribution in [0.3, 0.4) is 0 Å². The molecule has 0 aromatic carbocycles. The number of hydrogen-bond donors (Lipinski definition) is 2. The van der Waals surface area contributed by atoms with Crippen molar-refractivity contribution < 1.29 is 5.11 Å². The molecule has 1 fully saturated rings. The second-order valence-electron chi connectivity index (χ2n) is 4.53. The molecule has 94 valence electrons. The molecule has 1 saturated heterocycles. The van der Waals surface area contributed by atoms with E-state index in [-0.39, 0.29) is 0 Å². The summed E-state index contributed by atoms with van der Waals surface area (Å²) in [5, 5.41) is 13.4. The molecule has 1 aromatic heterocycles. The Morgan fingerprint density at radius 2 is 2.35 bits per heavy atom. The molecule has 0 aliphatic carbocycles. The second-order valence-corrected chi connectivity index (χ2v) is 5.63. The number of rotatable bonds is 4. The van der Waals surface area contributed by atoms with E-state index in [1.807, 2.05) is 13.0 Å². The van der Waals surface area contributed by atoms with Crippen LogP contribution in [0, 0.1) is 6.92 Å². The van der Waals surface area contributed by atoms with E-state index in [1.165, 1.54) is 0 Å². The molecule has 0 radical (unpaired) electrons. The van der Waals surface area contributed by atoms with E-state index in [1.54, 1.807) is 11.8 Å². The van der Waals surface area contributed by atoms with Crippen LogP contribution in [-0.4, -0.2) is 38.7 Å². The second kappa shape index (κ2) is 5.23. The summed E-state index contributed by atoms with van der Waals surface area (Å²) in [6.07, 6.45) is 1.76. The predicted molar refractivity (Wildman–Crippen MR) is 71.5 cm³/mol. The van der Waals surface area contributed by atoms with Crippen LogP contribution in [0.4, 0.5) is 5.82 Å². The molecule has 0 saturated carbocycles. The summed E-state index contributed by atoms with van der Waals surface area (Å²) in [7, 11) is 0. The van der Waals surface area contributed by atoms with Gasteiger partial charge in [0.25, 0.3) is 0 Å². The van der Waals surface area contributed by atoms with Gasteiger partial charge in [0, 0.05) is 24.1 Å². The van der Waals surface area contributed by atoms with Crippen molar-refractivity contribution in [3.8, 4) is 0 Å². The maximum atomic E-state index is 10.2. The van der Waals surface area contributed by atoms with Gasteiger partial charge in [-0.05, 0) is 25.5 Å². The maximum Gasteiger partial charge on any atom is 0.130 e. The van der Waals surface area contributed by atoms with Crippen LogP contribution in [0.5, 0.6) is 0 Å². The molecule has 0 spiro atoms. The van der Waals surface area contributed by atoms with Crippen LogP contribution < -0.4 is 5.32 Å². The summed E-state index contributed by atoms with van der Waals surface area (Å²) in [6.45, 7) is 4.54. The minimum atomic E-state index is -0.574. The molecule has 1 unspecified atom stereocenters. The number of nitrogens with zero attached hydrogens (tertiary/aromatic N) is 2. The summed E-state index contributed by atoms with van der Waals surface area (Å²) in [4.78, 5) is 8.67. The molecule has 2 heterocycles. The lowest BCUT2D eigenvalue weighted by atomic mass is 10.0. The quantitative estimate of drug-likeness (QED) is 0.854. The zero-order valence-electron chi connectivity index (χ0n) is 10.4. The van der Waals surface area contributed by atoms with Crippen LogP contribution in [0.15, 0.2) is 6.07 Å². The fourth-order valence-electron chi connectivity index (χ4n) is 1.89. The van der Waals surface area contributed by atoms with Crippen molar-refractivity contribution >= 4 is 17.6 Å². The summed E-state index contributed by atoms with van der Waals surface area (Å²) in [6, 6.07) is 1.96. The Hall–Kier alpha value is -0.810. The molecule has 17 heavy (non-hydrogen) atoms. The zero-order chi connectivity index (χ0) is 12.3. The third-order valence-electron chi connectivity index (χ3n) is 2.93. The molecule has 1 aliphatic heterocycles. The Labute approximate surface area is 106 Å². The third kappa shape index (κ3) is 3.33. The standard InChI is InChI=1S/C12H19N3OS/c1-3-10-6-11(15-9(2)14-10)13-7-12(16)4-5-17-8-12/h6,16H,3-5,7-8H2,1-2H3,(H,13,14,15). The predicted octanol–water partition coefficient (Wildman–Crippen LogP) is 1.63. The van der Waals surface area contributed by atoms with Gasteiger partial charge in [-0.1, -0.05) is 6.92 Å². The molecule has 0 bridgehead atoms. The average Bonchev–Trinajstić information content (AvgIpc) is 2.73. The van der Waals surface area contributed by atoms with Gasteiger partial charge in [0.2, 0.25) is 0 Å². The van der Waals surface area contributed by atoms with E-state index < -0.39 is 5.60 Å². The van der Waals surface area contributed by atoms with Crippen molar-refractivity contribution in [3.05, 3.63) is 17.6 Å². The first-order valence-electron chi connectivity index (χ1n) is 6.00. The highest BCUT2D eigenvalue weighted by molar-refractivity contribution is 7.99. The van der Waals surface area contributed by atoms with Crippen molar-refractivity contribution in [1.29, 1.82) is 0 Å². The van der Waals surface area contributed by atoms with Gasteiger partial charge in [-0.15, -0.1) is 0 Å². The number of aryl methyl sites for hydroxylation is 2. The highest BCUT2D eigenvalue weighted by Gasteiger charge is 2.31. The Morgan fingerprint density at radius 1 is 1.53 bits per heavy atom. The normalized spacial score (nSPS) is 23.9. The van der Waals surface area contributed by atoms with Crippen molar-refractivity contribution in [3.63, 3.8) is 0 Å². The van der Waals surface area contributed by atoms with E-state index in [0.717, 1.165) is 41.7 Å². The number of anilines is 1. The van der Waals surface area contributed by atoms with E-state index in [9.17, 15) is 5.11 Å². The van der Waals surface area contributed by atoms with Crippen molar-refractivity contribution in [2.45, 2.75) is 32.3 Å². The molecular formula is C12H19N3OS. The minimum absolute atomic E-state index is 0.569. The fourth-order valence-corrected chi connectivity index (χ4v) is 3.19. The van der Waals surface area contributed by atoms with Crippen LogP contribution in [0.25, 0.3) is 0 Å². The highest BCUT2D eigenvalue weighted by Crippen LogP contribution is 2.27. The van der Waals surface area contributed by atoms with Gasteiger partial charge in [-0.2, -0.15) is 11.8 Å².